The molecule has 2 bridgehead atoms. The quantitative estimate of drug-likeness (QED) is 0.715. The van der Waals surface area contributed by atoms with Crippen LogP contribution in [-0.4, -0.2) is 29.2 Å². The fraction of sp³-hybridized carbons (Fsp3) is 0.550. The van der Waals surface area contributed by atoms with Crippen LogP contribution in [-0.2, 0) is 20.6 Å². The number of fused-ring (bicyclic) bond motifs is 2. The van der Waals surface area contributed by atoms with Crippen molar-refractivity contribution in [3.8, 4) is 0 Å². The van der Waals surface area contributed by atoms with Gasteiger partial charge < -0.3 is 5.32 Å². The molecule has 1 aromatic carbocycles. The van der Waals surface area contributed by atoms with E-state index in [9.17, 15) is 27.6 Å². The molecule has 1 N–H and O–H groups in total. The molecule has 9 heteroatoms. The van der Waals surface area contributed by atoms with Gasteiger partial charge in [0.25, 0.3) is 0 Å². The van der Waals surface area contributed by atoms with Crippen molar-refractivity contribution >= 4 is 35.0 Å². The van der Waals surface area contributed by atoms with Gasteiger partial charge in [-0.3, -0.25) is 19.3 Å². The number of alkyl halides is 3. The van der Waals surface area contributed by atoms with Gasteiger partial charge in [0.2, 0.25) is 17.7 Å². The van der Waals surface area contributed by atoms with Crippen molar-refractivity contribution in [3.05, 3.63) is 28.8 Å². The van der Waals surface area contributed by atoms with Crippen LogP contribution in [0.1, 0.15) is 45.6 Å². The van der Waals surface area contributed by atoms with E-state index < -0.39 is 28.5 Å². The number of carbonyl (C=O) groups is 3. The van der Waals surface area contributed by atoms with Crippen LogP contribution in [0.25, 0.3) is 0 Å². The van der Waals surface area contributed by atoms with Crippen LogP contribution in [0.5, 0.6) is 0 Å². The molecular weight excluding hydrogens is 409 g/mol. The summed E-state index contributed by atoms with van der Waals surface area (Å²) in [5.74, 6) is -1.51. The molecule has 0 radical (unpaired) electrons. The Morgan fingerprint density at radius 1 is 1.28 bits per heavy atom. The summed E-state index contributed by atoms with van der Waals surface area (Å²) in [4.78, 5) is 39.1. The van der Waals surface area contributed by atoms with Crippen LogP contribution in [0, 0.1) is 16.7 Å². The van der Waals surface area contributed by atoms with E-state index >= 15 is 0 Å². The smallest absolute Gasteiger partial charge is 0.325 e. The zero-order valence-electron chi connectivity index (χ0n) is 16.3. The Balaban J connectivity index is 1.69. The lowest BCUT2D eigenvalue weighted by atomic mass is 9.62. The fourth-order valence-electron chi connectivity index (χ4n) is 4.34. The maximum absolute atomic E-state index is 12.9. The summed E-state index contributed by atoms with van der Waals surface area (Å²) in [6, 6.07) is 2.63. The number of hydrogen-bond donors (Lipinski definition) is 1. The average Bonchev–Trinajstić information content (AvgIpc) is 2.79. The number of halogens is 4. The molecule has 0 aromatic heterocycles. The lowest BCUT2D eigenvalue weighted by molar-refractivity contribution is -0.167. The topological polar surface area (TPSA) is 66.5 Å². The molecule has 0 spiro atoms. The second-order valence-electron chi connectivity index (χ2n) is 8.43. The van der Waals surface area contributed by atoms with Gasteiger partial charge >= 0.3 is 6.18 Å². The number of piperidine rings is 1. The van der Waals surface area contributed by atoms with Crippen molar-refractivity contribution in [2.75, 3.05) is 11.9 Å². The largest absolute Gasteiger partial charge is 0.416 e. The van der Waals surface area contributed by atoms with Gasteiger partial charge in [-0.2, -0.15) is 13.2 Å². The molecule has 1 saturated carbocycles. The molecule has 2 unspecified atom stereocenters. The predicted octanol–water partition coefficient (Wildman–Crippen LogP) is 4.50. The Labute approximate surface area is 171 Å². The third-order valence-electron chi connectivity index (χ3n) is 6.64. The van der Waals surface area contributed by atoms with Crippen molar-refractivity contribution in [1.29, 1.82) is 0 Å². The Morgan fingerprint density at radius 3 is 2.55 bits per heavy atom. The van der Waals surface area contributed by atoms with E-state index in [1.54, 1.807) is 0 Å². The summed E-state index contributed by atoms with van der Waals surface area (Å²) in [5.41, 5.74) is -2.24. The molecule has 3 amide bonds. The highest BCUT2D eigenvalue weighted by Crippen LogP contribution is 2.60. The van der Waals surface area contributed by atoms with E-state index in [-0.39, 0.29) is 41.4 Å². The summed E-state index contributed by atoms with van der Waals surface area (Å²) in [5, 5.41) is 2.30. The fourth-order valence-corrected chi connectivity index (χ4v) is 4.50. The molecule has 29 heavy (non-hydrogen) atoms. The zero-order chi connectivity index (χ0) is 21.8. The predicted molar refractivity (Wildman–Crippen MR) is 101 cm³/mol. The molecule has 1 aromatic rings. The lowest BCUT2D eigenvalue weighted by Crippen LogP contribution is -2.59. The van der Waals surface area contributed by atoms with Crippen LogP contribution in [0.3, 0.4) is 0 Å². The summed E-state index contributed by atoms with van der Waals surface area (Å²) in [6.07, 6.45) is -3.57. The van der Waals surface area contributed by atoms with Crippen molar-refractivity contribution in [2.45, 2.75) is 46.2 Å². The van der Waals surface area contributed by atoms with Crippen molar-refractivity contribution in [2.24, 2.45) is 16.7 Å². The molecule has 158 valence electrons. The number of benzene rings is 1. The number of hydrogen-bond acceptors (Lipinski definition) is 3. The number of anilines is 1. The van der Waals surface area contributed by atoms with E-state index in [4.69, 9.17) is 11.6 Å². The minimum absolute atomic E-state index is 0.0382. The Bertz CT molecular complexity index is 884. The third-order valence-corrected chi connectivity index (χ3v) is 6.97. The summed E-state index contributed by atoms with van der Waals surface area (Å²) in [7, 11) is 0. The molecule has 2 aliphatic rings. The lowest BCUT2D eigenvalue weighted by Gasteiger charge is -2.47. The van der Waals surface area contributed by atoms with Gasteiger partial charge in [0, 0.05) is 18.9 Å². The number of likely N-dealkylation sites (tertiary alicyclic amines) is 1. The monoisotopic (exact) mass is 430 g/mol. The van der Waals surface area contributed by atoms with E-state index in [0.717, 1.165) is 23.1 Å². The van der Waals surface area contributed by atoms with Crippen molar-refractivity contribution in [1.82, 2.24) is 4.90 Å². The highest BCUT2D eigenvalue weighted by molar-refractivity contribution is 6.33. The number of imide groups is 1. The van der Waals surface area contributed by atoms with Gasteiger partial charge in [-0.15, -0.1) is 0 Å². The Morgan fingerprint density at radius 2 is 1.93 bits per heavy atom. The minimum Gasteiger partial charge on any atom is -0.325 e. The number of rotatable bonds is 4. The molecule has 1 saturated heterocycles. The van der Waals surface area contributed by atoms with Crippen LogP contribution in [0.2, 0.25) is 5.02 Å². The Hall–Kier alpha value is -2.09. The SMILES string of the molecule is CC12CCC(C(=O)N(CCC(=O)Nc3cc(C(F)(F)F)ccc3Cl)C1=O)C2(C)C. The van der Waals surface area contributed by atoms with Gasteiger partial charge in [0.15, 0.2) is 0 Å². The van der Waals surface area contributed by atoms with E-state index in [0.29, 0.717) is 12.8 Å². The number of nitrogens with zero attached hydrogens (tertiary/aromatic N) is 1. The van der Waals surface area contributed by atoms with Crippen LogP contribution in [0.15, 0.2) is 18.2 Å². The highest BCUT2D eigenvalue weighted by Gasteiger charge is 2.64. The van der Waals surface area contributed by atoms with E-state index in [1.165, 1.54) is 0 Å². The van der Waals surface area contributed by atoms with Gasteiger partial charge in [-0.25, -0.2) is 0 Å². The van der Waals surface area contributed by atoms with Gasteiger partial charge in [-0.1, -0.05) is 32.4 Å². The average molecular weight is 431 g/mol. The second kappa shape index (κ2) is 7.00. The molecule has 1 aliphatic heterocycles. The first-order chi connectivity index (χ1) is 13.3. The standard InChI is InChI=1S/C20H22ClF3N2O3/c1-18(2)12-6-8-19(18,3)17(29)26(16(12)28)9-7-15(27)25-14-10-11(20(22,23)24)4-5-13(14)21/h4-5,10,12H,6-9H2,1-3H3,(H,25,27). The normalized spacial score (nSPS) is 26.0. The molecular formula is C20H22ClF3N2O3. The second-order valence-corrected chi connectivity index (χ2v) is 8.84. The Kier molecular flexibility index (Phi) is 5.22. The first-order valence-electron chi connectivity index (χ1n) is 9.31. The maximum atomic E-state index is 12.9. The van der Waals surface area contributed by atoms with Crippen LogP contribution in [0.4, 0.5) is 18.9 Å². The summed E-state index contributed by atoms with van der Waals surface area (Å²) in [6.45, 7) is 5.56. The van der Waals surface area contributed by atoms with Gasteiger partial charge in [0.1, 0.15) is 0 Å². The molecule has 3 rings (SSSR count). The molecule has 2 fully saturated rings. The molecule has 1 aliphatic carbocycles. The number of carbonyl (C=O) groups excluding carboxylic acids is 3. The summed E-state index contributed by atoms with van der Waals surface area (Å²) < 4.78 is 38.6. The minimum atomic E-state index is -4.57. The van der Waals surface area contributed by atoms with E-state index in [1.807, 2.05) is 20.8 Å². The van der Waals surface area contributed by atoms with Gasteiger partial charge in [0.05, 0.1) is 21.7 Å². The van der Waals surface area contributed by atoms with Gasteiger partial charge in [-0.05, 0) is 36.5 Å². The first kappa shape index (κ1) is 21.6. The highest BCUT2D eigenvalue weighted by atomic mass is 35.5. The maximum Gasteiger partial charge on any atom is 0.416 e. The molecule has 2 atom stereocenters. The first-order valence-corrected chi connectivity index (χ1v) is 9.69. The van der Waals surface area contributed by atoms with Crippen molar-refractivity contribution in [3.63, 3.8) is 0 Å². The zero-order valence-corrected chi connectivity index (χ0v) is 17.1. The van der Waals surface area contributed by atoms with Crippen molar-refractivity contribution < 1.29 is 27.6 Å². The van der Waals surface area contributed by atoms with E-state index in [2.05, 4.69) is 5.32 Å². The van der Waals surface area contributed by atoms with Crippen LogP contribution < -0.4 is 5.32 Å². The molecule has 1 heterocycles. The summed E-state index contributed by atoms with van der Waals surface area (Å²) >= 11 is 5.88. The third kappa shape index (κ3) is 3.52. The number of amides is 3. The number of nitrogens with one attached hydrogen (secondary N) is 1. The molecule has 5 nitrogen and oxygen atoms in total. The van der Waals surface area contributed by atoms with Crippen LogP contribution >= 0.6 is 11.6 Å².